The second-order valence-electron chi connectivity index (χ2n) is 5.03. The first kappa shape index (κ1) is 15.0. The van der Waals surface area contributed by atoms with Gasteiger partial charge in [-0.1, -0.05) is 15.9 Å². The predicted octanol–water partition coefficient (Wildman–Crippen LogP) is 3.75. The molecule has 0 atom stereocenters. The van der Waals surface area contributed by atoms with Crippen molar-refractivity contribution < 1.29 is 14.6 Å². The lowest BCUT2D eigenvalue weighted by molar-refractivity contribution is -0.142. The van der Waals surface area contributed by atoms with Crippen molar-refractivity contribution in [1.29, 1.82) is 0 Å². The van der Waals surface area contributed by atoms with E-state index in [1.807, 2.05) is 20.8 Å². The first-order valence-electron chi connectivity index (χ1n) is 5.73. The van der Waals surface area contributed by atoms with E-state index < -0.39 is 11.4 Å². The Kier molecular flexibility index (Phi) is 4.11. The van der Waals surface area contributed by atoms with Crippen LogP contribution in [0.2, 0.25) is 0 Å². The van der Waals surface area contributed by atoms with Gasteiger partial charge in [-0.15, -0.1) is 0 Å². The SMILES string of the molecule is COc1c(C)c(C)c(Br)c(C)c1C(C)(C)C(=O)O. The van der Waals surface area contributed by atoms with E-state index >= 15 is 0 Å². The van der Waals surface area contributed by atoms with Crippen LogP contribution in [0.1, 0.15) is 36.1 Å². The molecule has 0 aliphatic carbocycles. The highest BCUT2D eigenvalue weighted by Gasteiger charge is 2.36. The number of benzene rings is 1. The Morgan fingerprint density at radius 2 is 1.67 bits per heavy atom. The Hall–Kier alpha value is -1.03. The van der Waals surface area contributed by atoms with Gasteiger partial charge in [0.25, 0.3) is 0 Å². The van der Waals surface area contributed by atoms with Crippen LogP contribution in [0.25, 0.3) is 0 Å². The molecule has 0 heterocycles. The van der Waals surface area contributed by atoms with Gasteiger partial charge in [0, 0.05) is 10.0 Å². The van der Waals surface area contributed by atoms with Gasteiger partial charge in [-0.05, 0) is 51.3 Å². The maximum absolute atomic E-state index is 11.5. The predicted molar refractivity (Wildman–Crippen MR) is 75.6 cm³/mol. The van der Waals surface area contributed by atoms with E-state index in [2.05, 4.69) is 15.9 Å². The lowest BCUT2D eigenvalue weighted by Gasteiger charge is -2.27. The van der Waals surface area contributed by atoms with Crippen LogP contribution in [-0.2, 0) is 10.2 Å². The van der Waals surface area contributed by atoms with Crippen molar-refractivity contribution in [3.05, 3.63) is 26.7 Å². The molecule has 0 aliphatic heterocycles. The molecule has 0 saturated carbocycles. The molecule has 0 amide bonds. The van der Waals surface area contributed by atoms with Crippen LogP contribution in [-0.4, -0.2) is 18.2 Å². The third kappa shape index (κ3) is 2.14. The number of halogens is 1. The van der Waals surface area contributed by atoms with Gasteiger partial charge in [-0.25, -0.2) is 0 Å². The standard InChI is InChI=1S/C14H19BrO3/c1-7-8(2)12(18-6)10(9(3)11(7)15)14(4,5)13(16)17/h1-6H3,(H,16,17). The second kappa shape index (κ2) is 4.92. The number of rotatable bonds is 3. The third-order valence-corrected chi connectivity index (χ3v) is 4.72. The highest BCUT2D eigenvalue weighted by molar-refractivity contribution is 9.10. The first-order chi connectivity index (χ1) is 8.16. The lowest BCUT2D eigenvalue weighted by Crippen LogP contribution is -2.30. The molecule has 1 N–H and O–H groups in total. The zero-order valence-electron chi connectivity index (χ0n) is 11.6. The van der Waals surface area contributed by atoms with Crippen LogP contribution in [0, 0.1) is 20.8 Å². The summed E-state index contributed by atoms with van der Waals surface area (Å²) in [6.45, 7) is 9.24. The minimum atomic E-state index is -0.990. The van der Waals surface area contributed by atoms with Crippen molar-refractivity contribution >= 4 is 21.9 Å². The summed E-state index contributed by atoms with van der Waals surface area (Å²) >= 11 is 3.54. The maximum Gasteiger partial charge on any atom is 0.313 e. The first-order valence-corrected chi connectivity index (χ1v) is 6.52. The van der Waals surface area contributed by atoms with Crippen molar-refractivity contribution in [3.8, 4) is 5.75 Å². The van der Waals surface area contributed by atoms with Crippen molar-refractivity contribution in [1.82, 2.24) is 0 Å². The Morgan fingerprint density at radius 1 is 1.17 bits per heavy atom. The van der Waals surface area contributed by atoms with E-state index in [0.29, 0.717) is 5.75 Å². The fourth-order valence-electron chi connectivity index (χ4n) is 2.20. The van der Waals surface area contributed by atoms with Crippen molar-refractivity contribution in [2.45, 2.75) is 40.0 Å². The number of hydrogen-bond acceptors (Lipinski definition) is 2. The Morgan fingerprint density at radius 3 is 2.06 bits per heavy atom. The molecule has 0 spiro atoms. The largest absolute Gasteiger partial charge is 0.496 e. The van der Waals surface area contributed by atoms with E-state index in [-0.39, 0.29) is 0 Å². The smallest absolute Gasteiger partial charge is 0.313 e. The van der Waals surface area contributed by atoms with E-state index in [9.17, 15) is 9.90 Å². The highest BCUT2D eigenvalue weighted by Crippen LogP contribution is 2.42. The molecule has 100 valence electrons. The van der Waals surface area contributed by atoms with Crippen molar-refractivity contribution in [2.24, 2.45) is 0 Å². The van der Waals surface area contributed by atoms with Gasteiger partial charge < -0.3 is 9.84 Å². The van der Waals surface area contributed by atoms with Gasteiger partial charge in [0.2, 0.25) is 0 Å². The van der Waals surface area contributed by atoms with Gasteiger partial charge in [0.1, 0.15) is 5.75 Å². The molecule has 0 aromatic heterocycles. The lowest BCUT2D eigenvalue weighted by atomic mass is 9.79. The van der Waals surface area contributed by atoms with Crippen molar-refractivity contribution in [2.75, 3.05) is 7.11 Å². The number of ether oxygens (including phenoxy) is 1. The van der Waals surface area contributed by atoms with Gasteiger partial charge >= 0.3 is 5.97 Å². The molecule has 1 aromatic rings. The van der Waals surface area contributed by atoms with Crippen LogP contribution in [0.3, 0.4) is 0 Å². The monoisotopic (exact) mass is 314 g/mol. The summed E-state index contributed by atoms with van der Waals surface area (Å²) < 4.78 is 6.39. The quantitative estimate of drug-likeness (QED) is 0.924. The molecule has 0 unspecified atom stereocenters. The number of carboxylic acid groups (broad SMARTS) is 1. The zero-order chi connectivity index (χ0) is 14.2. The topological polar surface area (TPSA) is 46.5 Å². The second-order valence-corrected chi connectivity index (χ2v) is 5.82. The van der Waals surface area contributed by atoms with Gasteiger partial charge in [-0.3, -0.25) is 4.79 Å². The van der Waals surface area contributed by atoms with Crippen LogP contribution in [0.15, 0.2) is 4.47 Å². The van der Waals surface area contributed by atoms with Crippen LogP contribution in [0.4, 0.5) is 0 Å². The Balaban J connectivity index is 3.78. The number of methoxy groups -OCH3 is 1. The fraction of sp³-hybridized carbons (Fsp3) is 0.500. The molecule has 0 bridgehead atoms. The summed E-state index contributed by atoms with van der Waals surface area (Å²) in [6.07, 6.45) is 0. The Bertz CT molecular complexity index is 504. The van der Waals surface area contributed by atoms with Crippen LogP contribution >= 0.6 is 15.9 Å². The summed E-state index contributed by atoms with van der Waals surface area (Å²) in [6, 6.07) is 0. The van der Waals surface area contributed by atoms with Gasteiger partial charge in [0.15, 0.2) is 0 Å². The van der Waals surface area contributed by atoms with E-state index in [1.54, 1.807) is 21.0 Å². The average Bonchev–Trinajstić information content (AvgIpc) is 2.30. The summed E-state index contributed by atoms with van der Waals surface area (Å²) in [5.41, 5.74) is 2.71. The van der Waals surface area contributed by atoms with Crippen molar-refractivity contribution in [3.63, 3.8) is 0 Å². The molecule has 4 heteroatoms. The number of carboxylic acids is 1. The minimum absolute atomic E-state index is 0.667. The molecule has 1 aromatic carbocycles. The van der Waals surface area contributed by atoms with Gasteiger partial charge in [-0.2, -0.15) is 0 Å². The maximum atomic E-state index is 11.5. The average molecular weight is 315 g/mol. The molecule has 3 nitrogen and oxygen atoms in total. The number of hydrogen-bond donors (Lipinski definition) is 1. The molecule has 0 aliphatic rings. The summed E-state index contributed by atoms with van der Waals surface area (Å²) in [4.78, 5) is 11.5. The minimum Gasteiger partial charge on any atom is -0.496 e. The van der Waals surface area contributed by atoms with E-state index in [1.165, 1.54) is 0 Å². The molecule has 0 radical (unpaired) electrons. The highest BCUT2D eigenvalue weighted by atomic mass is 79.9. The van der Waals surface area contributed by atoms with E-state index in [4.69, 9.17) is 4.74 Å². The zero-order valence-corrected chi connectivity index (χ0v) is 13.2. The normalized spacial score (nSPS) is 11.5. The molecule has 0 saturated heterocycles. The molecular formula is C14H19BrO3. The number of aliphatic carboxylic acids is 1. The third-order valence-electron chi connectivity index (χ3n) is 3.53. The number of carbonyl (C=O) groups is 1. The summed E-state index contributed by atoms with van der Waals surface area (Å²) in [7, 11) is 1.58. The molecule has 18 heavy (non-hydrogen) atoms. The van der Waals surface area contributed by atoms with Crippen LogP contribution < -0.4 is 4.74 Å². The summed E-state index contributed by atoms with van der Waals surface area (Å²) in [5, 5.41) is 9.42. The summed E-state index contributed by atoms with van der Waals surface area (Å²) in [5.74, 6) is -0.195. The van der Waals surface area contributed by atoms with Gasteiger partial charge in [0.05, 0.1) is 12.5 Å². The van der Waals surface area contributed by atoms with E-state index in [0.717, 1.165) is 26.7 Å². The molecule has 1 rings (SSSR count). The Labute approximate surface area is 116 Å². The molecule has 0 fully saturated rings. The molecular weight excluding hydrogens is 296 g/mol. The van der Waals surface area contributed by atoms with Crippen LogP contribution in [0.5, 0.6) is 5.75 Å². The fourth-order valence-corrected chi connectivity index (χ4v) is 2.69.